The predicted molar refractivity (Wildman–Crippen MR) is 76.4 cm³/mol. The molecule has 4 nitrogen and oxygen atoms in total. The molecule has 0 amide bonds. The largest absolute Gasteiger partial charge is 0.478 e. The van der Waals surface area contributed by atoms with Gasteiger partial charge >= 0.3 is 5.97 Å². The normalized spacial score (nSPS) is 21.8. The van der Waals surface area contributed by atoms with E-state index in [4.69, 9.17) is 16.3 Å². The SMILES string of the molecule is CC1Cc2nc3c(Cl)cccc3c(C(=O)O)c2C(C)O1. The molecule has 2 atom stereocenters. The van der Waals surface area contributed by atoms with Crippen molar-refractivity contribution in [3.05, 3.63) is 40.0 Å². The van der Waals surface area contributed by atoms with Crippen LogP contribution in [0.15, 0.2) is 18.2 Å². The van der Waals surface area contributed by atoms with Gasteiger partial charge in [-0.1, -0.05) is 23.7 Å². The molecule has 0 saturated heterocycles. The molecule has 2 heterocycles. The van der Waals surface area contributed by atoms with Crippen LogP contribution in [0.3, 0.4) is 0 Å². The quantitative estimate of drug-likeness (QED) is 0.872. The highest BCUT2D eigenvalue weighted by Gasteiger charge is 2.30. The molecule has 1 aliphatic heterocycles. The van der Waals surface area contributed by atoms with Crippen molar-refractivity contribution in [1.29, 1.82) is 0 Å². The van der Waals surface area contributed by atoms with Gasteiger partial charge in [0.15, 0.2) is 0 Å². The fourth-order valence-electron chi connectivity index (χ4n) is 2.88. The van der Waals surface area contributed by atoms with E-state index in [2.05, 4.69) is 4.98 Å². The third-order valence-electron chi connectivity index (χ3n) is 3.62. The van der Waals surface area contributed by atoms with Gasteiger partial charge < -0.3 is 9.84 Å². The number of benzene rings is 1. The molecule has 0 saturated carbocycles. The molecule has 5 heteroatoms. The molecule has 104 valence electrons. The Morgan fingerprint density at radius 3 is 2.90 bits per heavy atom. The summed E-state index contributed by atoms with van der Waals surface area (Å²) in [7, 11) is 0. The van der Waals surface area contributed by atoms with E-state index in [1.54, 1.807) is 18.2 Å². The predicted octanol–water partition coefficient (Wildman–Crippen LogP) is 3.61. The van der Waals surface area contributed by atoms with Crippen LogP contribution in [0.2, 0.25) is 5.02 Å². The fourth-order valence-corrected chi connectivity index (χ4v) is 3.09. The summed E-state index contributed by atoms with van der Waals surface area (Å²) in [4.78, 5) is 16.3. The van der Waals surface area contributed by atoms with Crippen LogP contribution in [-0.4, -0.2) is 22.2 Å². The molecule has 0 bridgehead atoms. The number of fused-ring (bicyclic) bond motifs is 2. The summed E-state index contributed by atoms with van der Waals surface area (Å²) in [6.45, 7) is 3.82. The highest BCUT2D eigenvalue weighted by Crippen LogP contribution is 2.36. The number of ether oxygens (including phenoxy) is 1. The summed E-state index contributed by atoms with van der Waals surface area (Å²) < 4.78 is 5.75. The average Bonchev–Trinajstić information content (AvgIpc) is 2.37. The Bertz CT molecular complexity index is 714. The summed E-state index contributed by atoms with van der Waals surface area (Å²) in [6, 6.07) is 5.20. The zero-order chi connectivity index (χ0) is 14.4. The third kappa shape index (κ3) is 1.96. The summed E-state index contributed by atoms with van der Waals surface area (Å²) in [5, 5.41) is 10.6. The fraction of sp³-hybridized carbons (Fsp3) is 0.333. The Morgan fingerprint density at radius 2 is 2.20 bits per heavy atom. The smallest absolute Gasteiger partial charge is 0.336 e. The van der Waals surface area contributed by atoms with E-state index < -0.39 is 5.97 Å². The maximum absolute atomic E-state index is 11.7. The number of hydrogen-bond donors (Lipinski definition) is 1. The lowest BCUT2D eigenvalue weighted by Gasteiger charge is -2.29. The van der Waals surface area contributed by atoms with Crippen molar-refractivity contribution in [3.63, 3.8) is 0 Å². The first kappa shape index (κ1) is 13.3. The van der Waals surface area contributed by atoms with Gasteiger partial charge in [0, 0.05) is 17.4 Å². The third-order valence-corrected chi connectivity index (χ3v) is 3.93. The maximum Gasteiger partial charge on any atom is 0.336 e. The number of hydrogen-bond acceptors (Lipinski definition) is 3. The molecule has 20 heavy (non-hydrogen) atoms. The maximum atomic E-state index is 11.7. The standard InChI is InChI=1S/C15H14ClNO3/c1-7-6-11-12(8(2)20-7)13(15(18)19)9-4-3-5-10(16)14(9)17-11/h3-5,7-8H,6H2,1-2H3,(H,18,19). The number of aromatic nitrogens is 1. The first-order valence-electron chi connectivity index (χ1n) is 6.48. The van der Waals surface area contributed by atoms with Crippen molar-refractivity contribution < 1.29 is 14.6 Å². The van der Waals surface area contributed by atoms with Gasteiger partial charge in [0.05, 0.1) is 34.0 Å². The van der Waals surface area contributed by atoms with E-state index >= 15 is 0 Å². The lowest BCUT2D eigenvalue weighted by Crippen LogP contribution is -2.26. The van der Waals surface area contributed by atoms with Gasteiger partial charge in [0.25, 0.3) is 0 Å². The molecule has 3 rings (SSSR count). The highest BCUT2D eigenvalue weighted by atomic mass is 35.5. The lowest BCUT2D eigenvalue weighted by atomic mass is 9.92. The van der Waals surface area contributed by atoms with Crippen LogP contribution >= 0.6 is 11.6 Å². The van der Waals surface area contributed by atoms with Crippen LogP contribution in [0.5, 0.6) is 0 Å². The molecule has 0 radical (unpaired) electrons. The minimum Gasteiger partial charge on any atom is -0.478 e. The first-order chi connectivity index (χ1) is 9.49. The molecule has 0 spiro atoms. The molecule has 1 aliphatic rings. The summed E-state index contributed by atoms with van der Waals surface area (Å²) in [5.41, 5.74) is 2.25. The van der Waals surface area contributed by atoms with Crippen LogP contribution in [0, 0.1) is 0 Å². The highest BCUT2D eigenvalue weighted by molar-refractivity contribution is 6.35. The van der Waals surface area contributed by atoms with Crippen molar-refractivity contribution >= 4 is 28.5 Å². The van der Waals surface area contributed by atoms with Gasteiger partial charge in [-0.05, 0) is 19.9 Å². The van der Waals surface area contributed by atoms with Crippen molar-refractivity contribution in [1.82, 2.24) is 4.98 Å². The summed E-state index contributed by atoms with van der Waals surface area (Å²) in [5.74, 6) is -0.971. The second-order valence-electron chi connectivity index (χ2n) is 5.08. The number of aromatic carboxylic acids is 1. The van der Waals surface area contributed by atoms with E-state index in [-0.39, 0.29) is 17.8 Å². The lowest BCUT2D eigenvalue weighted by molar-refractivity contribution is -0.00661. The van der Waals surface area contributed by atoms with E-state index in [9.17, 15) is 9.90 Å². The van der Waals surface area contributed by atoms with Crippen molar-refractivity contribution in [2.75, 3.05) is 0 Å². The topological polar surface area (TPSA) is 59.4 Å². The Balaban J connectivity index is 2.43. The molecule has 1 aromatic carbocycles. The zero-order valence-electron chi connectivity index (χ0n) is 11.2. The minimum absolute atomic E-state index is 0.0200. The average molecular weight is 292 g/mol. The van der Waals surface area contributed by atoms with Gasteiger partial charge in [-0.25, -0.2) is 4.79 Å². The summed E-state index contributed by atoms with van der Waals surface area (Å²) >= 11 is 6.16. The Morgan fingerprint density at radius 1 is 1.45 bits per heavy atom. The first-order valence-corrected chi connectivity index (χ1v) is 6.86. The Kier molecular flexibility index (Phi) is 3.15. The summed E-state index contributed by atoms with van der Waals surface area (Å²) in [6.07, 6.45) is 0.337. The number of halogens is 1. The second kappa shape index (κ2) is 4.72. The number of carbonyl (C=O) groups is 1. The van der Waals surface area contributed by atoms with Gasteiger partial charge in [-0.15, -0.1) is 0 Å². The number of carboxylic acids is 1. The van der Waals surface area contributed by atoms with Crippen LogP contribution in [0.25, 0.3) is 10.9 Å². The number of rotatable bonds is 1. The minimum atomic E-state index is -0.971. The number of carboxylic acid groups (broad SMARTS) is 1. The Labute approximate surface area is 121 Å². The van der Waals surface area contributed by atoms with Crippen LogP contribution < -0.4 is 0 Å². The number of nitrogens with zero attached hydrogens (tertiary/aromatic N) is 1. The van der Waals surface area contributed by atoms with E-state index in [0.717, 1.165) is 5.69 Å². The van der Waals surface area contributed by atoms with E-state index in [1.165, 1.54) is 0 Å². The number of para-hydroxylation sites is 1. The molecular weight excluding hydrogens is 278 g/mol. The molecule has 0 fully saturated rings. The molecule has 1 aromatic heterocycles. The molecule has 0 aliphatic carbocycles. The van der Waals surface area contributed by atoms with E-state index in [1.807, 2.05) is 13.8 Å². The second-order valence-corrected chi connectivity index (χ2v) is 5.49. The van der Waals surface area contributed by atoms with Gasteiger partial charge in [0.1, 0.15) is 0 Å². The monoisotopic (exact) mass is 291 g/mol. The molecule has 2 unspecified atom stereocenters. The van der Waals surface area contributed by atoms with Crippen molar-refractivity contribution in [3.8, 4) is 0 Å². The van der Waals surface area contributed by atoms with Crippen LogP contribution in [0.4, 0.5) is 0 Å². The molecule has 1 N–H and O–H groups in total. The zero-order valence-corrected chi connectivity index (χ0v) is 11.9. The van der Waals surface area contributed by atoms with Crippen molar-refractivity contribution in [2.24, 2.45) is 0 Å². The number of pyridine rings is 1. The molecule has 2 aromatic rings. The van der Waals surface area contributed by atoms with Gasteiger partial charge in [-0.2, -0.15) is 0 Å². The van der Waals surface area contributed by atoms with Gasteiger partial charge in [0.2, 0.25) is 0 Å². The Hall–Kier alpha value is -1.65. The van der Waals surface area contributed by atoms with E-state index in [0.29, 0.717) is 27.9 Å². The molecular formula is C15H14ClNO3. The van der Waals surface area contributed by atoms with Gasteiger partial charge in [-0.3, -0.25) is 4.98 Å². The van der Waals surface area contributed by atoms with Crippen LogP contribution in [0.1, 0.15) is 41.6 Å². The van der Waals surface area contributed by atoms with Crippen molar-refractivity contribution in [2.45, 2.75) is 32.5 Å². The van der Waals surface area contributed by atoms with Crippen LogP contribution in [-0.2, 0) is 11.2 Å².